The Morgan fingerprint density at radius 2 is 1.86 bits per heavy atom. The van der Waals surface area contributed by atoms with E-state index in [-0.39, 0.29) is 12.5 Å². The van der Waals surface area contributed by atoms with Gasteiger partial charge in [0.1, 0.15) is 12.1 Å². The number of likely N-dealkylation sites (N-methyl/N-ethyl adjacent to an activating group) is 1. The normalized spacial score (nSPS) is 19.1. The van der Waals surface area contributed by atoms with Gasteiger partial charge in [0.2, 0.25) is 11.9 Å². The number of nitrogens with zero attached hydrogens (tertiary/aromatic N) is 4. The number of fused-ring (bicyclic) bond motifs is 3. The van der Waals surface area contributed by atoms with Crippen LogP contribution in [0, 0.1) is 0 Å². The van der Waals surface area contributed by atoms with Crippen LogP contribution in [0.3, 0.4) is 0 Å². The molecule has 5 rings (SSSR count). The van der Waals surface area contributed by atoms with E-state index in [4.69, 9.17) is 0 Å². The monoisotopic (exact) mass is 474 g/mol. The molecule has 2 heterocycles. The minimum atomic E-state index is -1.08. The van der Waals surface area contributed by atoms with E-state index in [1.807, 2.05) is 53.1 Å². The summed E-state index contributed by atoms with van der Waals surface area (Å²) in [4.78, 5) is 47.1. The summed E-state index contributed by atoms with van der Waals surface area (Å²) in [5.41, 5.74) is 2.49. The van der Waals surface area contributed by atoms with Gasteiger partial charge in [0.05, 0.1) is 11.0 Å². The van der Waals surface area contributed by atoms with Gasteiger partial charge in [-0.15, -0.1) is 0 Å². The molecule has 3 aromatic rings. The zero-order valence-electron chi connectivity index (χ0n) is 20.1. The van der Waals surface area contributed by atoms with Crippen LogP contribution >= 0.6 is 0 Å². The molecular weight excluding hydrogens is 444 g/mol. The number of hydrogen-bond donors (Lipinski definition) is 2. The second-order valence-corrected chi connectivity index (χ2v) is 9.03. The van der Waals surface area contributed by atoms with E-state index < -0.39 is 17.5 Å². The van der Waals surface area contributed by atoms with Crippen molar-refractivity contribution < 1.29 is 14.4 Å². The van der Waals surface area contributed by atoms with Gasteiger partial charge in [0.25, 0.3) is 5.91 Å². The van der Waals surface area contributed by atoms with Crippen molar-refractivity contribution in [2.75, 3.05) is 31.5 Å². The lowest BCUT2D eigenvalue weighted by Crippen LogP contribution is -2.43. The van der Waals surface area contributed by atoms with E-state index in [0.29, 0.717) is 25.3 Å². The number of rotatable bonds is 8. The zero-order chi connectivity index (χ0) is 24.6. The molecule has 4 amide bonds. The van der Waals surface area contributed by atoms with Crippen molar-refractivity contribution in [2.45, 2.75) is 38.8 Å². The molecule has 2 aliphatic rings. The van der Waals surface area contributed by atoms with Gasteiger partial charge in [-0.25, -0.2) is 9.78 Å². The van der Waals surface area contributed by atoms with Gasteiger partial charge in [-0.1, -0.05) is 50.2 Å². The maximum atomic E-state index is 13.4. The number of hydrogen-bond acceptors (Lipinski definition) is 5. The molecule has 1 fully saturated rings. The number of imidazole rings is 1. The van der Waals surface area contributed by atoms with E-state index in [2.05, 4.69) is 34.4 Å². The number of imide groups is 1. The molecule has 2 N–H and O–H groups in total. The van der Waals surface area contributed by atoms with Crippen molar-refractivity contribution in [3.05, 3.63) is 59.7 Å². The molecule has 182 valence electrons. The third-order valence-corrected chi connectivity index (χ3v) is 7.16. The fourth-order valence-electron chi connectivity index (χ4n) is 5.22. The summed E-state index contributed by atoms with van der Waals surface area (Å²) in [5, 5.41) is 5.71. The van der Waals surface area contributed by atoms with E-state index in [1.54, 1.807) is 0 Å². The van der Waals surface area contributed by atoms with Crippen molar-refractivity contribution in [1.82, 2.24) is 24.7 Å². The minimum absolute atomic E-state index is 0.367. The Hall–Kier alpha value is -3.72. The summed E-state index contributed by atoms with van der Waals surface area (Å²) < 4.78 is 1.98. The van der Waals surface area contributed by atoms with E-state index >= 15 is 0 Å². The van der Waals surface area contributed by atoms with Crippen LogP contribution in [0.4, 0.5) is 10.7 Å². The number of carbonyl (C=O) groups excluding carboxylic acids is 3. The van der Waals surface area contributed by atoms with Crippen LogP contribution in [0.1, 0.15) is 31.4 Å². The smallest absolute Gasteiger partial charge is 0.319 e. The van der Waals surface area contributed by atoms with Crippen LogP contribution in [0.5, 0.6) is 0 Å². The van der Waals surface area contributed by atoms with Crippen LogP contribution in [0.2, 0.25) is 0 Å². The van der Waals surface area contributed by atoms with Gasteiger partial charge in [-0.2, -0.15) is 0 Å². The van der Waals surface area contributed by atoms with Crippen LogP contribution in [-0.2, 0) is 28.1 Å². The lowest BCUT2D eigenvalue weighted by molar-refractivity contribution is -0.134. The SMILES string of the molecule is CCN(CC)CCn1c(NC(=O)CN2C(=O)NC3(CCc4ccccc43)C2=O)nc2ccccc21. The van der Waals surface area contributed by atoms with Gasteiger partial charge >= 0.3 is 6.03 Å². The molecular formula is C26H30N6O3. The highest BCUT2D eigenvalue weighted by Gasteiger charge is 2.55. The molecule has 1 aliphatic carbocycles. The van der Waals surface area contributed by atoms with E-state index in [0.717, 1.165) is 46.7 Å². The van der Waals surface area contributed by atoms with Crippen molar-refractivity contribution in [3.8, 4) is 0 Å². The van der Waals surface area contributed by atoms with Crippen molar-refractivity contribution in [2.24, 2.45) is 0 Å². The first-order chi connectivity index (χ1) is 17.0. The highest BCUT2D eigenvalue weighted by atomic mass is 16.2. The topological polar surface area (TPSA) is 99.6 Å². The second-order valence-electron chi connectivity index (χ2n) is 9.03. The average molecular weight is 475 g/mol. The number of benzene rings is 2. The molecule has 1 unspecified atom stereocenters. The van der Waals surface area contributed by atoms with Gasteiger partial charge < -0.3 is 14.8 Å². The summed E-state index contributed by atoms with van der Waals surface area (Å²) >= 11 is 0. The van der Waals surface area contributed by atoms with E-state index in [1.165, 1.54) is 0 Å². The minimum Gasteiger partial charge on any atom is -0.319 e. The Labute approximate surface area is 204 Å². The third-order valence-electron chi connectivity index (χ3n) is 7.16. The van der Waals surface area contributed by atoms with Crippen molar-refractivity contribution in [1.29, 1.82) is 0 Å². The van der Waals surface area contributed by atoms with Gasteiger partial charge in [-0.3, -0.25) is 19.8 Å². The van der Waals surface area contributed by atoms with Crippen LogP contribution in [0.15, 0.2) is 48.5 Å². The molecule has 2 aromatic carbocycles. The summed E-state index contributed by atoms with van der Waals surface area (Å²) in [6, 6.07) is 14.8. The van der Waals surface area contributed by atoms with E-state index in [9.17, 15) is 14.4 Å². The average Bonchev–Trinajstić information content (AvgIpc) is 3.48. The Morgan fingerprint density at radius 1 is 1.11 bits per heavy atom. The molecule has 1 aromatic heterocycles. The lowest BCUT2D eigenvalue weighted by Gasteiger charge is -2.22. The van der Waals surface area contributed by atoms with Crippen LogP contribution in [0.25, 0.3) is 11.0 Å². The molecule has 35 heavy (non-hydrogen) atoms. The predicted octanol–water partition coefficient (Wildman–Crippen LogP) is 2.71. The summed E-state index contributed by atoms with van der Waals surface area (Å²) in [6.07, 6.45) is 1.20. The number of aryl methyl sites for hydroxylation is 1. The first kappa shape index (κ1) is 23.0. The van der Waals surface area contributed by atoms with Crippen LogP contribution < -0.4 is 10.6 Å². The number of urea groups is 1. The molecule has 9 heteroatoms. The quantitative estimate of drug-likeness (QED) is 0.489. The Morgan fingerprint density at radius 3 is 2.66 bits per heavy atom. The second kappa shape index (κ2) is 9.14. The Balaban J connectivity index is 1.34. The summed E-state index contributed by atoms with van der Waals surface area (Å²) in [7, 11) is 0. The number of amides is 4. The Bertz CT molecular complexity index is 1300. The molecule has 9 nitrogen and oxygen atoms in total. The first-order valence-corrected chi connectivity index (χ1v) is 12.2. The largest absolute Gasteiger partial charge is 0.325 e. The van der Waals surface area contributed by atoms with Crippen molar-refractivity contribution >= 4 is 34.8 Å². The number of para-hydroxylation sites is 2. The first-order valence-electron chi connectivity index (χ1n) is 12.2. The van der Waals surface area contributed by atoms with Crippen LogP contribution in [-0.4, -0.2) is 63.4 Å². The fourth-order valence-corrected chi connectivity index (χ4v) is 5.22. The van der Waals surface area contributed by atoms with Crippen molar-refractivity contribution in [3.63, 3.8) is 0 Å². The fraction of sp³-hybridized carbons (Fsp3) is 0.385. The third kappa shape index (κ3) is 3.95. The molecule has 0 bridgehead atoms. The molecule has 0 saturated carbocycles. The number of carbonyl (C=O) groups is 3. The highest BCUT2D eigenvalue weighted by molar-refractivity contribution is 6.10. The summed E-state index contributed by atoms with van der Waals surface area (Å²) in [5.74, 6) is -0.426. The van der Waals surface area contributed by atoms with Gasteiger partial charge in [0.15, 0.2) is 0 Å². The Kier molecular flexibility index (Phi) is 6.02. The maximum Gasteiger partial charge on any atom is 0.325 e. The predicted molar refractivity (Wildman–Crippen MR) is 133 cm³/mol. The number of anilines is 1. The zero-order valence-corrected chi connectivity index (χ0v) is 20.1. The number of aromatic nitrogens is 2. The molecule has 1 aliphatic heterocycles. The molecule has 1 atom stereocenters. The van der Waals surface area contributed by atoms with Gasteiger partial charge in [-0.05, 0) is 49.2 Å². The molecule has 0 radical (unpaired) electrons. The van der Waals surface area contributed by atoms with Gasteiger partial charge in [0, 0.05) is 13.1 Å². The molecule has 1 spiro atoms. The summed E-state index contributed by atoms with van der Waals surface area (Å²) in [6.45, 7) is 7.20. The highest BCUT2D eigenvalue weighted by Crippen LogP contribution is 2.41. The molecule has 1 saturated heterocycles. The number of nitrogens with one attached hydrogen (secondary N) is 2. The standard InChI is InChI=1S/C26H30N6O3/c1-3-30(4-2)15-16-31-21-12-8-7-11-20(21)27-24(31)28-22(33)17-32-23(34)26(29-25(32)35)14-13-18-9-5-6-10-19(18)26/h5-12H,3-4,13-17H2,1-2H3,(H,29,35)(H,27,28,33). The lowest BCUT2D eigenvalue weighted by atomic mass is 9.92. The maximum absolute atomic E-state index is 13.4.